The van der Waals surface area contributed by atoms with Crippen LogP contribution in [0.5, 0.6) is 0 Å². The molecular formula is C14H11BrN2O2. The minimum atomic E-state index is -0.365. The standard InChI is InChI=1S/C14H11BrN2O2/c15-13-9(4-3-5-10(13)16)8-17-11-6-1-2-7-12(11)19-14(17)18/h1-7H,8,16H2. The minimum absolute atomic E-state index is 0.365. The van der Waals surface area contributed by atoms with Gasteiger partial charge in [0.2, 0.25) is 0 Å². The number of benzene rings is 2. The van der Waals surface area contributed by atoms with Gasteiger partial charge in [-0.1, -0.05) is 24.3 Å². The lowest BCUT2D eigenvalue weighted by molar-refractivity contribution is 0.517. The third-order valence-electron chi connectivity index (χ3n) is 3.01. The Kier molecular flexibility index (Phi) is 2.91. The quantitative estimate of drug-likeness (QED) is 0.739. The zero-order chi connectivity index (χ0) is 13.4. The molecule has 2 aromatic carbocycles. The molecule has 3 rings (SSSR count). The molecule has 0 fully saturated rings. The Morgan fingerprint density at radius 2 is 1.95 bits per heavy atom. The van der Waals surface area contributed by atoms with Crippen LogP contribution in [0, 0.1) is 0 Å². The molecule has 19 heavy (non-hydrogen) atoms. The number of nitrogens with zero attached hydrogens (tertiary/aromatic N) is 1. The molecule has 0 spiro atoms. The zero-order valence-corrected chi connectivity index (χ0v) is 11.6. The van der Waals surface area contributed by atoms with E-state index in [1.165, 1.54) is 0 Å². The van der Waals surface area contributed by atoms with Gasteiger partial charge in [0.15, 0.2) is 5.58 Å². The van der Waals surface area contributed by atoms with Gasteiger partial charge in [0.05, 0.1) is 12.1 Å². The number of fused-ring (bicyclic) bond motifs is 1. The summed E-state index contributed by atoms with van der Waals surface area (Å²) in [5.41, 5.74) is 8.80. The van der Waals surface area contributed by atoms with Crippen LogP contribution < -0.4 is 11.5 Å². The van der Waals surface area contributed by atoms with Crippen molar-refractivity contribution < 1.29 is 4.42 Å². The molecule has 2 N–H and O–H groups in total. The number of halogens is 1. The molecule has 0 bridgehead atoms. The number of hydrogen-bond donors (Lipinski definition) is 1. The average Bonchev–Trinajstić information content (AvgIpc) is 2.72. The van der Waals surface area contributed by atoms with E-state index in [4.69, 9.17) is 10.2 Å². The second-order valence-electron chi connectivity index (χ2n) is 4.24. The molecule has 4 nitrogen and oxygen atoms in total. The summed E-state index contributed by atoms with van der Waals surface area (Å²) in [6.45, 7) is 0.418. The topological polar surface area (TPSA) is 61.2 Å². The van der Waals surface area contributed by atoms with Gasteiger partial charge in [-0.05, 0) is 39.7 Å². The Labute approximate surface area is 117 Å². The second-order valence-corrected chi connectivity index (χ2v) is 5.04. The highest BCUT2D eigenvalue weighted by atomic mass is 79.9. The lowest BCUT2D eigenvalue weighted by Gasteiger charge is -2.07. The molecule has 0 amide bonds. The van der Waals surface area contributed by atoms with E-state index in [1.807, 2.05) is 36.4 Å². The predicted octanol–water partition coefficient (Wildman–Crippen LogP) is 2.99. The molecular weight excluding hydrogens is 308 g/mol. The van der Waals surface area contributed by atoms with Crippen LogP contribution in [0.1, 0.15) is 5.56 Å². The van der Waals surface area contributed by atoms with Gasteiger partial charge in [0, 0.05) is 10.2 Å². The fraction of sp³-hybridized carbons (Fsp3) is 0.0714. The van der Waals surface area contributed by atoms with E-state index >= 15 is 0 Å². The van der Waals surface area contributed by atoms with Crippen LogP contribution in [-0.2, 0) is 6.54 Å². The van der Waals surface area contributed by atoms with Crippen molar-refractivity contribution in [2.45, 2.75) is 6.54 Å². The van der Waals surface area contributed by atoms with Gasteiger partial charge in [-0.2, -0.15) is 0 Å². The number of para-hydroxylation sites is 2. The maximum Gasteiger partial charge on any atom is 0.420 e. The Bertz CT molecular complexity index is 805. The van der Waals surface area contributed by atoms with Crippen molar-refractivity contribution in [1.29, 1.82) is 0 Å². The maximum atomic E-state index is 11.9. The Hall–Kier alpha value is -2.01. The third-order valence-corrected chi connectivity index (χ3v) is 3.98. The molecule has 96 valence electrons. The van der Waals surface area contributed by atoms with Gasteiger partial charge in [-0.3, -0.25) is 4.57 Å². The van der Waals surface area contributed by atoms with Crippen LogP contribution in [0.2, 0.25) is 0 Å². The zero-order valence-electron chi connectivity index (χ0n) is 9.97. The maximum absolute atomic E-state index is 11.9. The summed E-state index contributed by atoms with van der Waals surface area (Å²) < 4.78 is 7.61. The van der Waals surface area contributed by atoms with Crippen molar-refractivity contribution in [2.75, 3.05) is 5.73 Å². The van der Waals surface area contributed by atoms with Crippen LogP contribution >= 0.6 is 15.9 Å². The van der Waals surface area contributed by atoms with Crippen LogP contribution in [0.3, 0.4) is 0 Å². The number of nitrogens with two attached hydrogens (primary N) is 1. The number of oxazole rings is 1. The Morgan fingerprint density at radius 1 is 1.16 bits per heavy atom. The monoisotopic (exact) mass is 318 g/mol. The number of hydrogen-bond acceptors (Lipinski definition) is 3. The smallest absolute Gasteiger partial charge is 0.408 e. The highest BCUT2D eigenvalue weighted by molar-refractivity contribution is 9.10. The summed E-state index contributed by atoms with van der Waals surface area (Å²) in [4.78, 5) is 11.9. The molecule has 0 aliphatic carbocycles. The first-order chi connectivity index (χ1) is 9.16. The summed E-state index contributed by atoms with van der Waals surface area (Å²) in [7, 11) is 0. The average molecular weight is 319 g/mol. The van der Waals surface area contributed by atoms with Crippen LogP contribution in [-0.4, -0.2) is 4.57 Å². The molecule has 1 heterocycles. The highest BCUT2D eigenvalue weighted by Crippen LogP contribution is 2.25. The first-order valence-electron chi connectivity index (χ1n) is 5.78. The largest absolute Gasteiger partial charge is 0.420 e. The Balaban J connectivity index is 2.13. The summed E-state index contributed by atoms with van der Waals surface area (Å²) in [6, 6.07) is 13.0. The van der Waals surface area contributed by atoms with Gasteiger partial charge in [-0.25, -0.2) is 4.79 Å². The number of rotatable bonds is 2. The lowest BCUT2D eigenvalue weighted by atomic mass is 10.2. The molecule has 5 heteroatoms. The summed E-state index contributed by atoms with van der Waals surface area (Å²) in [5.74, 6) is -0.365. The van der Waals surface area contributed by atoms with Gasteiger partial charge in [-0.15, -0.1) is 0 Å². The summed E-state index contributed by atoms with van der Waals surface area (Å²) in [5, 5.41) is 0. The Morgan fingerprint density at radius 3 is 2.79 bits per heavy atom. The van der Waals surface area contributed by atoms with Crippen molar-refractivity contribution in [3.05, 3.63) is 63.1 Å². The van der Waals surface area contributed by atoms with E-state index in [0.717, 1.165) is 15.6 Å². The lowest BCUT2D eigenvalue weighted by Crippen LogP contribution is -2.15. The fourth-order valence-electron chi connectivity index (χ4n) is 2.06. The molecule has 0 saturated heterocycles. The summed E-state index contributed by atoms with van der Waals surface area (Å²) in [6.07, 6.45) is 0. The summed E-state index contributed by atoms with van der Waals surface area (Å²) >= 11 is 3.44. The van der Waals surface area contributed by atoms with Crippen molar-refractivity contribution >= 4 is 32.7 Å². The second kappa shape index (κ2) is 4.59. The van der Waals surface area contributed by atoms with Crippen molar-refractivity contribution in [3.63, 3.8) is 0 Å². The molecule has 1 aromatic heterocycles. The normalized spacial score (nSPS) is 11.0. The van der Waals surface area contributed by atoms with Gasteiger partial charge >= 0.3 is 5.76 Å². The first kappa shape index (κ1) is 12.0. The predicted molar refractivity (Wildman–Crippen MR) is 78.1 cm³/mol. The molecule has 0 unspecified atom stereocenters. The van der Waals surface area contributed by atoms with Gasteiger partial charge in [0.25, 0.3) is 0 Å². The SMILES string of the molecule is Nc1cccc(Cn2c(=O)oc3ccccc32)c1Br. The van der Waals surface area contributed by atoms with E-state index in [1.54, 1.807) is 10.6 Å². The van der Waals surface area contributed by atoms with Crippen molar-refractivity contribution in [1.82, 2.24) is 4.57 Å². The number of aromatic nitrogens is 1. The molecule has 0 saturated carbocycles. The van der Waals surface area contributed by atoms with Gasteiger partial charge in [0.1, 0.15) is 0 Å². The van der Waals surface area contributed by atoms with E-state index < -0.39 is 0 Å². The van der Waals surface area contributed by atoms with E-state index in [-0.39, 0.29) is 5.76 Å². The molecule has 3 aromatic rings. The number of nitrogen functional groups attached to an aromatic ring is 1. The fourth-order valence-corrected chi connectivity index (χ4v) is 2.45. The molecule has 0 radical (unpaired) electrons. The van der Waals surface area contributed by atoms with E-state index in [2.05, 4.69) is 15.9 Å². The van der Waals surface area contributed by atoms with Crippen molar-refractivity contribution in [3.8, 4) is 0 Å². The van der Waals surface area contributed by atoms with Crippen LogP contribution in [0.25, 0.3) is 11.1 Å². The van der Waals surface area contributed by atoms with Crippen LogP contribution in [0.4, 0.5) is 5.69 Å². The number of anilines is 1. The molecule has 0 atom stereocenters. The van der Waals surface area contributed by atoms with E-state index in [0.29, 0.717) is 17.8 Å². The van der Waals surface area contributed by atoms with Crippen molar-refractivity contribution in [2.24, 2.45) is 0 Å². The minimum Gasteiger partial charge on any atom is -0.408 e. The van der Waals surface area contributed by atoms with Gasteiger partial charge < -0.3 is 10.2 Å². The highest BCUT2D eigenvalue weighted by Gasteiger charge is 2.11. The molecule has 0 aliphatic heterocycles. The van der Waals surface area contributed by atoms with E-state index in [9.17, 15) is 4.79 Å². The van der Waals surface area contributed by atoms with Crippen LogP contribution in [0.15, 0.2) is 56.1 Å². The molecule has 0 aliphatic rings. The third kappa shape index (κ3) is 2.06. The first-order valence-corrected chi connectivity index (χ1v) is 6.57.